The molecule has 3 atom stereocenters. The van der Waals surface area contributed by atoms with Gasteiger partial charge in [0.1, 0.15) is 0 Å². The highest BCUT2D eigenvalue weighted by atomic mass is 16.5. The monoisotopic (exact) mass is 286 g/mol. The van der Waals surface area contributed by atoms with Crippen molar-refractivity contribution in [1.82, 2.24) is 20.1 Å². The van der Waals surface area contributed by atoms with Crippen LogP contribution in [0.4, 0.5) is 0 Å². The maximum atomic E-state index is 5.90. The van der Waals surface area contributed by atoms with Gasteiger partial charge in [-0.2, -0.15) is 5.10 Å². The molecule has 3 heterocycles. The van der Waals surface area contributed by atoms with Gasteiger partial charge in [0.05, 0.1) is 12.3 Å². The molecule has 0 bridgehead atoms. The third kappa shape index (κ3) is 3.31. The van der Waals surface area contributed by atoms with Gasteiger partial charge in [-0.3, -0.25) is 9.67 Å². The van der Waals surface area contributed by atoms with Crippen LogP contribution in [0.25, 0.3) is 0 Å². The molecule has 0 saturated carbocycles. The smallest absolute Gasteiger partial charge is 0.0896 e. The Bertz CT molecular complexity index is 569. The van der Waals surface area contributed by atoms with E-state index in [0.29, 0.717) is 12.0 Å². The molecule has 2 aromatic heterocycles. The van der Waals surface area contributed by atoms with Crippen molar-refractivity contribution in [2.75, 3.05) is 13.2 Å². The second-order valence-corrected chi connectivity index (χ2v) is 5.70. The van der Waals surface area contributed by atoms with Crippen molar-refractivity contribution in [1.29, 1.82) is 0 Å². The van der Waals surface area contributed by atoms with E-state index in [1.807, 2.05) is 30.3 Å². The minimum absolute atomic E-state index is 0.163. The van der Waals surface area contributed by atoms with Gasteiger partial charge in [0.25, 0.3) is 0 Å². The second-order valence-electron chi connectivity index (χ2n) is 5.70. The highest BCUT2D eigenvalue weighted by Crippen LogP contribution is 2.34. The summed E-state index contributed by atoms with van der Waals surface area (Å²) in [6.45, 7) is 3.96. The Hall–Kier alpha value is -1.72. The van der Waals surface area contributed by atoms with Crippen molar-refractivity contribution in [3.63, 3.8) is 0 Å². The number of ether oxygens (including phenoxy) is 1. The lowest BCUT2D eigenvalue weighted by atomic mass is 9.96. The van der Waals surface area contributed by atoms with E-state index in [1.165, 1.54) is 11.1 Å². The molecular formula is C16H22N4O. The van der Waals surface area contributed by atoms with Gasteiger partial charge < -0.3 is 10.1 Å². The summed E-state index contributed by atoms with van der Waals surface area (Å²) in [6.07, 6.45) is 8.89. The van der Waals surface area contributed by atoms with E-state index >= 15 is 0 Å². The van der Waals surface area contributed by atoms with Crippen molar-refractivity contribution in [3.05, 3.63) is 48.0 Å². The highest BCUT2D eigenvalue weighted by Gasteiger charge is 2.30. The molecule has 0 aromatic carbocycles. The van der Waals surface area contributed by atoms with Crippen molar-refractivity contribution in [2.24, 2.45) is 13.0 Å². The van der Waals surface area contributed by atoms with Crippen LogP contribution in [-0.2, 0) is 11.8 Å². The van der Waals surface area contributed by atoms with Crippen LogP contribution >= 0.6 is 0 Å². The third-order valence-corrected chi connectivity index (χ3v) is 4.16. The van der Waals surface area contributed by atoms with E-state index in [9.17, 15) is 0 Å². The van der Waals surface area contributed by atoms with Gasteiger partial charge in [0.15, 0.2) is 0 Å². The van der Waals surface area contributed by atoms with Crippen LogP contribution in [0.3, 0.4) is 0 Å². The Morgan fingerprint density at radius 2 is 2.24 bits per heavy atom. The molecule has 0 aliphatic carbocycles. The maximum Gasteiger partial charge on any atom is 0.0896 e. The molecule has 1 saturated heterocycles. The average Bonchev–Trinajstić information content (AvgIpc) is 3.14. The van der Waals surface area contributed by atoms with Crippen LogP contribution in [0, 0.1) is 5.92 Å². The molecule has 21 heavy (non-hydrogen) atoms. The first-order chi connectivity index (χ1) is 10.2. The molecule has 0 spiro atoms. The summed E-state index contributed by atoms with van der Waals surface area (Å²) in [6, 6.07) is 4.44. The molecule has 2 aromatic rings. The molecule has 5 nitrogen and oxygen atoms in total. The Balaban J connectivity index is 1.59. The third-order valence-electron chi connectivity index (χ3n) is 4.16. The summed E-state index contributed by atoms with van der Waals surface area (Å²) in [5.74, 6) is 0.499. The summed E-state index contributed by atoms with van der Waals surface area (Å²) >= 11 is 0. The number of pyridine rings is 1. The SMILES string of the molecule is C[C@H](NC[C@H]1CCO[C@@H]1c1cnn(C)c1)c1ccncc1. The zero-order valence-electron chi connectivity index (χ0n) is 12.6. The van der Waals surface area contributed by atoms with E-state index in [0.717, 1.165) is 19.6 Å². The Morgan fingerprint density at radius 3 is 2.95 bits per heavy atom. The fourth-order valence-corrected chi connectivity index (χ4v) is 2.90. The van der Waals surface area contributed by atoms with E-state index in [1.54, 1.807) is 0 Å². The Morgan fingerprint density at radius 1 is 1.43 bits per heavy atom. The Labute approximate surface area is 125 Å². The zero-order chi connectivity index (χ0) is 14.7. The molecule has 1 aliphatic heterocycles. The van der Waals surface area contributed by atoms with Crippen molar-refractivity contribution in [3.8, 4) is 0 Å². The molecule has 0 unspecified atom stereocenters. The highest BCUT2D eigenvalue weighted by molar-refractivity contribution is 5.14. The number of aromatic nitrogens is 3. The van der Waals surface area contributed by atoms with Gasteiger partial charge in [-0.1, -0.05) is 0 Å². The maximum absolute atomic E-state index is 5.90. The number of nitrogens with one attached hydrogen (secondary N) is 1. The van der Waals surface area contributed by atoms with Gasteiger partial charge >= 0.3 is 0 Å². The second kappa shape index (κ2) is 6.37. The van der Waals surface area contributed by atoms with E-state index < -0.39 is 0 Å². The van der Waals surface area contributed by atoms with Crippen LogP contribution in [0.15, 0.2) is 36.9 Å². The number of aryl methyl sites for hydroxylation is 1. The fourth-order valence-electron chi connectivity index (χ4n) is 2.90. The van der Waals surface area contributed by atoms with E-state index in [4.69, 9.17) is 4.74 Å². The number of nitrogens with zero attached hydrogens (tertiary/aromatic N) is 3. The van der Waals surface area contributed by atoms with E-state index in [-0.39, 0.29) is 6.10 Å². The molecule has 1 N–H and O–H groups in total. The minimum atomic E-state index is 0.163. The average molecular weight is 286 g/mol. The van der Waals surface area contributed by atoms with Crippen LogP contribution in [0.1, 0.15) is 36.6 Å². The van der Waals surface area contributed by atoms with Crippen LogP contribution in [0.5, 0.6) is 0 Å². The molecule has 3 rings (SSSR count). The quantitative estimate of drug-likeness (QED) is 0.916. The first kappa shape index (κ1) is 14.2. The van der Waals surface area contributed by atoms with Gasteiger partial charge in [-0.15, -0.1) is 0 Å². The lowest BCUT2D eigenvalue weighted by molar-refractivity contribution is 0.0899. The summed E-state index contributed by atoms with van der Waals surface area (Å²) in [4.78, 5) is 4.06. The number of hydrogen-bond acceptors (Lipinski definition) is 4. The standard InChI is InChI=1S/C16H22N4O/c1-12(13-3-6-17-7-4-13)18-9-14-5-8-21-16(14)15-10-19-20(2)11-15/h3-4,6-7,10-12,14,16,18H,5,8-9H2,1-2H3/t12-,14+,16-/m0/s1. The van der Waals surface area contributed by atoms with Gasteiger partial charge in [0.2, 0.25) is 0 Å². The molecule has 112 valence electrons. The first-order valence-electron chi connectivity index (χ1n) is 7.47. The van der Waals surface area contributed by atoms with Crippen LogP contribution < -0.4 is 5.32 Å². The van der Waals surface area contributed by atoms with Crippen molar-refractivity contribution in [2.45, 2.75) is 25.5 Å². The largest absolute Gasteiger partial charge is 0.373 e. The topological polar surface area (TPSA) is 52.0 Å². The lowest BCUT2D eigenvalue weighted by Gasteiger charge is -2.21. The fraction of sp³-hybridized carbons (Fsp3) is 0.500. The van der Waals surface area contributed by atoms with Gasteiger partial charge in [-0.25, -0.2) is 0 Å². The van der Waals surface area contributed by atoms with Crippen molar-refractivity contribution < 1.29 is 4.74 Å². The molecule has 0 radical (unpaired) electrons. The Kier molecular flexibility index (Phi) is 4.31. The lowest BCUT2D eigenvalue weighted by Crippen LogP contribution is -2.27. The van der Waals surface area contributed by atoms with Crippen LogP contribution in [0.2, 0.25) is 0 Å². The predicted molar refractivity (Wildman–Crippen MR) is 80.7 cm³/mol. The van der Waals surface area contributed by atoms with E-state index in [2.05, 4.69) is 40.7 Å². The van der Waals surface area contributed by atoms with Crippen LogP contribution in [-0.4, -0.2) is 27.9 Å². The van der Waals surface area contributed by atoms with Crippen molar-refractivity contribution >= 4 is 0 Å². The number of hydrogen-bond donors (Lipinski definition) is 1. The minimum Gasteiger partial charge on any atom is -0.373 e. The molecule has 1 fully saturated rings. The van der Waals surface area contributed by atoms with Gasteiger partial charge in [0, 0.05) is 56.3 Å². The summed E-state index contributed by atoms with van der Waals surface area (Å²) in [5.41, 5.74) is 2.44. The first-order valence-corrected chi connectivity index (χ1v) is 7.47. The molecule has 1 aliphatic rings. The summed E-state index contributed by atoms with van der Waals surface area (Å²) in [5, 5.41) is 7.86. The van der Waals surface area contributed by atoms with Gasteiger partial charge in [-0.05, 0) is 31.0 Å². The molecule has 5 heteroatoms. The normalized spacial score (nSPS) is 23.3. The number of rotatable bonds is 5. The molecular weight excluding hydrogens is 264 g/mol. The molecule has 0 amide bonds. The predicted octanol–water partition coefficient (Wildman–Crippen LogP) is 2.24. The summed E-state index contributed by atoms with van der Waals surface area (Å²) in [7, 11) is 1.94. The summed E-state index contributed by atoms with van der Waals surface area (Å²) < 4.78 is 7.73. The zero-order valence-corrected chi connectivity index (χ0v) is 12.6.